The maximum atomic E-state index is 13.9. The van der Waals surface area contributed by atoms with Crippen molar-refractivity contribution in [2.45, 2.75) is 46.0 Å². The molecule has 0 heterocycles. The minimum atomic E-state index is -0.349. The van der Waals surface area contributed by atoms with E-state index in [1.807, 2.05) is 19.9 Å². The highest BCUT2D eigenvalue weighted by Gasteiger charge is 2.25. The highest BCUT2D eigenvalue weighted by molar-refractivity contribution is 5.99. The summed E-state index contributed by atoms with van der Waals surface area (Å²) in [6.07, 6.45) is 5.25. The first kappa shape index (κ1) is 12.3. The first-order valence-electron chi connectivity index (χ1n) is 6.40. The summed E-state index contributed by atoms with van der Waals surface area (Å²) in [4.78, 5) is 12.3. The average molecular weight is 234 g/mol. The van der Waals surface area contributed by atoms with Gasteiger partial charge in [-0.25, -0.2) is 4.39 Å². The van der Waals surface area contributed by atoms with E-state index in [0.717, 1.165) is 36.8 Å². The maximum absolute atomic E-state index is 13.9. The van der Waals surface area contributed by atoms with Gasteiger partial charge in [0.1, 0.15) is 5.82 Å². The van der Waals surface area contributed by atoms with E-state index in [4.69, 9.17) is 0 Å². The first-order valence-corrected chi connectivity index (χ1v) is 6.40. The lowest BCUT2D eigenvalue weighted by Crippen LogP contribution is -2.20. The van der Waals surface area contributed by atoms with Crippen LogP contribution in [-0.4, -0.2) is 5.78 Å². The van der Waals surface area contributed by atoms with Crippen molar-refractivity contribution >= 4 is 5.78 Å². The molecule has 92 valence electrons. The lowest BCUT2D eigenvalue weighted by molar-refractivity contribution is 0.0884. The molecule has 1 nitrogen and oxygen atoms in total. The standard InChI is InChI=1S/C15H19FO/c1-10-8-11(2)14(13(16)9-10)15(17)12-6-4-3-5-7-12/h8-9,12H,3-7H2,1-2H3. The molecule has 1 aliphatic rings. The topological polar surface area (TPSA) is 17.1 Å². The van der Waals surface area contributed by atoms with Crippen molar-refractivity contribution in [1.29, 1.82) is 0 Å². The molecule has 0 aliphatic heterocycles. The van der Waals surface area contributed by atoms with Gasteiger partial charge >= 0.3 is 0 Å². The molecule has 1 aliphatic carbocycles. The predicted molar refractivity (Wildman–Crippen MR) is 66.8 cm³/mol. The average Bonchev–Trinajstić information content (AvgIpc) is 2.28. The summed E-state index contributed by atoms with van der Waals surface area (Å²) in [6.45, 7) is 3.68. The summed E-state index contributed by atoms with van der Waals surface area (Å²) in [5, 5.41) is 0. The second-order valence-corrected chi connectivity index (χ2v) is 5.14. The Labute approximate surface area is 102 Å². The maximum Gasteiger partial charge on any atom is 0.169 e. The van der Waals surface area contributed by atoms with Crippen LogP contribution in [0.3, 0.4) is 0 Å². The van der Waals surface area contributed by atoms with Crippen LogP contribution in [0, 0.1) is 25.6 Å². The third-order valence-electron chi connectivity index (χ3n) is 3.65. The van der Waals surface area contributed by atoms with Crippen LogP contribution in [0.2, 0.25) is 0 Å². The molecular formula is C15H19FO. The Balaban J connectivity index is 2.30. The molecule has 1 fully saturated rings. The number of hydrogen-bond donors (Lipinski definition) is 0. The third-order valence-corrected chi connectivity index (χ3v) is 3.65. The summed E-state index contributed by atoms with van der Waals surface area (Å²) >= 11 is 0. The minimum Gasteiger partial charge on any atom is -0.294 e. The molecule has 0 radical (unpaired) electrons. The number of carbonyl (C=O) groups excluding carboxylic acids is 1. The summed E-state index contributed by atoms with van der Waals surface area (Å²) in [7, 11) is 0. The molecule has 0 bridgehead atoms. The smallest absolute Gasteiger partial charge is 0.169 e. The van der Waals surface area contributed by atoms with Crippen molar-refractivity contribution in [1.82, 2.24) is 0 Å². The van der Waals surface area contributed by atoms with E-state index in [2.05, 4.69) is 0 Å². The lowest BCUT2D eigenvalue weighted by atomic mass is 9.82. The predicted octanol–water partition coefficient (Wildman–Crippen LogP) is 4.21. The van der Waals surface area contributed by atoms with Crippen molar-refractivity contribution in [2.75, 3.05) is 0 Å². The van der Waals surface area contributed by atoms with Crippen molar-refractivity contribution < 1.29 is 9.18 Å². The van der Waals surface area contributed by atoms with Gasteiger partial charge in [0.25, 0.3) is 0 Å². The zero-order chi connectivity index (χ0) is 12.4. The fraction of sp³-hybridized carbons (Fsp3) is 0.533. The Morgan fingerprint density at radius 2 is 1.82 bits per heavy atom. The van der Waals surface area contributed by atoms with Crippen molar-refractivity contribution in [3.05, 3.63) is 34.6 Å². The number of Topliss-reactive ketones (excluding diaryl/α,β-unsaturated/α-hetero) is 1. The van der Waals surface area contributed by atoms with Gasteiger partial charge in [0, 0.05) is 5.92 Å². The Hall–Kier alpha value is -1.18. The lowest BCUT2D eigenvalue weighted by Gasteiger charge is -2.21. The highest BCUT2D eigenvalue weighted by Crippen LogP contribution is 2.29. The monoisotopic (exact) mass is 234 g/mol. The second kappa shape index (κ2) is 4.99. The molecule has 1 aromatic carbocycles. The second-order valence-electron chi connectivity index (χ2n) is 5.14. The Bertz CT molecular complexity index is 408. The van der Waals surface area contributed by atoms with Crippen LogP contribution in [0.15, 0.2) is 12.1 Å². The summed E-state index contributed by atoms with van der Waals surface area (Å²) in [6, 6.07) is 3.35. The van der Waals surface area contributed by atoms with Crippen molar-refractivity contribution in [3.63, 3.8) is 0 Å². The van der Waals surface area contributed by atoms with Gasteiger partial charge in [-0.3, -0.25) is 4.79 Å². The van der Waals surface area contributed by atoms with Gasteiger partial charge < -0.3 is 0 Å². The highest BCUT2D eigenvalue weighted by atomic mass is 19.1. The van der Waals surface area contributed by atoms with Gasteiger partial charge in [0.2, 0.25) is 0 Å². The van der Waals surface area contributed by atoms with Gasteiger partial charge in [-0.05, 0) is 43.9 Å². The van der Waals surface area contributed by atoms with Crippen LogP contribution in [-0.2, 0) is 0 Å². The number of rotatable bonds is 2. The zero-order valence-corrected chi connectivity index (χ0v) is 10.6. The van der Waals surface area contributed by atoms with E-state index >= 15 is 0 Å². The molecule has 0 unspecified atom stereocenters. The number of halogens is 1. The largest absolute Gasteiger partial charge is 0.294 e. The van der Waals surface area contributed by atoms with Crippen LogP contribution in [0.4, 0.5) is 4.39 Å². The van der Waals surface area contributed by atoms with Crippen LogP contribution in [0.25, 0.3) is 0 Å². The van der Waals surface area contributed by atoms with E-state index in [9.17, 15) is 9.18 Å². The third kappa shape index (κ3) is 2.56. The molecule has 2 heteroatoms. The van der Waals surface area contributed by atoms with E-state index < -0.39 is 0 Å². The quantitative estimate of drug-likeness (QED) is 0.701. The Morgan fingerprint density at radius 1 is 1.18 bits per heavy atom. The molecule has 1 aromatic rings. The first-order chi connectivity index (χ1) is 8.09. The summed E-state index contributed by atoms with van der Waals surface area (Å²) < 4.78 is 13.9. The van der Waals surface area contributed by atoms with Crippen LogP contribution < -0.4 is 0 Å². The summed E-state index contributed by atoms with van der Waals surface area (Å²) in [5.74, 6) is -0.294. The molecule has 0 spiro atoms. The molecule has 0 atom stereocenters. The normalized spacial score (nSPS) is 17.1. The number of carbonyl (C=O) groups is 1. The van der Waals surface area contributed by atoms with Gasteiger partial charge in [-0.1, -0.05) is 25.3 Å². The van der Waals surface area contributed by atoms with Crippen molar-refractivity contribution in [2.24, 2.45) is 5.92 Å². The van der Waals surface area contributed by atoms with E-state index in [1.54, 1.807) is 0 Å². The SMILES string of the molecule is Cc1cc(C)c(C(=O)C2CCCCC2)c(F)c1. The molecule has 0 N–H and O–H groups in total. The molecule has 2 rings (SSSR count). The van der Waals surface area contributed by atoms with Crippen LogP contribution >= 0.6 is 0 Å². The molecule has 0 saturated heterocycles. The van der Waals surface area contributed by atoms with E-state index in [0.29, 0.717) is 5.56 Å². The molecular weight excluding hydrogens is 215 g/mol. The van der Waals surface area contributed by atoms with Gasteiger partial charge in [0.15, 0.2) is 5.78 Å². The molecule has 17 heavy (non-hydrogen) atoms. The molecule has 0 amide bonds. The number of aryl methyl sites for hydroxylation is 2. The van der Waals surface area contributed by atoms with E-state index in [1.165, 1.54) is 12.5 Å². The van der Waals surface area contributed by atoms with E-state index in [-0.39, 0.29) is 17.5 Å². The number of ketones is 1. The minimum absolute atomic E-state index is 0.0136. The number of hydrogen-bond acceptors (Lipinski definition) is 1. The summed E-state index contributed by atoms with van der Waals surface area (Å²) in [5.41, 5.74) is 1.97. The van der Waals surface area contributed by atoms with Crippen molar-refractivity contribution in [3.8, 4) is 0 Å². The fourth-order valence-corrected chi connectivity index (χ4v) is 2.80. The molecule has 1 saturated carbocycles. The van der Waals surface area contributed by atoms with Crippen LogP contribution in [0.1, 0.15) is 53.6 Å². The Morgan fingerprint density at radius 3 is 2.41 bits per heavy atom. The van der Waals surface area contributed by atoms with Gasteiger partial charge in [-0.2, -0.15) is 0 Å². The number of benzene rings is 1. The fourth-order valence-electron chi connectivity index (χ4n) is 2.80. The van der Waals surface area contributed by atoms with Crippen LogP contribution in [0.5, 0.6) is 0 Å². The Kier molecular flexibility index (Phi) is 3.60. The van der Waals surface area contributed by atoms with Gasteiger partial charge in [0.05, 0.1) is 5.56 Å². The zero-order valence-electron chi connectivity index (χ0n) is 10.6. The molecule has 0 aromatic heterocycles. The van der Waals surface area contributed by atoms with Gasteiger partial charge in [-0.15, -0.1) is 0 Å².